The van der Waals surface area contributed by atoms with Crippen LogP contribution < -0.4 is 5.32 Å². The first-order valence-corrected chi connectivity index (χ1v) is 14.5. The maximum absolute atomic E-state index is 12.6. The van der Waals surface area contributed by atoms with E-state index in [0.29, 0.717) is 12.8 Å². The van der Waals surface area contributed by atoms with Crippen molar-refractivity contribution >= 4 is 30.0 Å². The van der Waals surface area contributed by atoms with Crippen LogP contribution in [0.5, 0.6) is 0 Å². The third-order valence-corrected chi connectivity index (χ3v) is 8.78. The predicted octanol–water partition coefficient (Wildman–Crippen LogP) is 4.18. The van der Waals surface area contributed by atoms with Crippen LogP contribution in [-0.2, 0) is 42.9 Å². The molecule has 0 bridgehead atoms. The molecule has 1 heterocycles. The quantitative estimate of drug-likeness (QED) is 0.189. The molecule has 11 nitrogen and oxygen atoms in total. The van der Waals surface area contributed by atoms with Crippen molar-refractivity contribution in [3.8, 4) is 0 Å². The van der Waals surface area contributed by atoms with E-state index in [1.807, 2.05) is 6.92 Å². The molecular formula is C31H45NO10. The second kappa shape index (κ2) is 12.9. The van der Waals surface area contributed by atoms with E-state index in [2.05, 4.69) is 18.8 Å². The molecule has 0 radical (unpaired) electrons. The Hall–Kier alpha value is -3.37. The van der Waals surface area contributed by atoms with Crippen molar-refractivity contribution in [1.82, 2.24) is 5.32 Å². The maximum Gasteiger partial charge on any atom is 0.408 e. The van der Waals surface area contributed by atoms with Crippen LogP contribution in [-0.4, -0.2) is 67.5 Å². The van der Waals surface area contributed by atoms with Crippen molar-refractivity contribution < 1.29 is 47.7 Å². The van der Waals surface area contributed by atoms with Crippen LogP contribution in [0.2, 0.25) is 0 Å². The van der Waals surface area contributed by atoms with Crippen LogP contribution in [0.25, 0.3) is 0 Å². The lowest BCUT2D eigenvalue weighted by Crippen LogP contribution is -2.58. The lowest BCUT2D eigenvalue weighted by atomic mass is 9.46. The van der Waals surface area contributed by atoms with Gasteiger partial charge in [-0.2, -0.15) is 0 Å². The summed E-state index contributed by atoms with van der Waals surface area (Å²) in [6, 6.07) is 0. The molecular weight excluding hydrogens is 546 g/mol. The molecule has 0 aromatic rings. The first-order valence-electron chi connectivity index (χ1n) is 14.5. The van der Waals surface area contributed by atoms with E-state index in [1.165, 1.54) is 13.8 Å². The summed E-state index contributed by atoms with van der Waals surface area (Å²) in [5.74, 6) is -2.05. The number of alkyl carbamates (subject to hydrolysis) is 1. The van der Waals surface area contributed by atoms with E-state index in [0.717, 1.165) is 24.8 Å². The smallest absolute Gasteiger partial charge is 0.408 e. The third-order valence-electron chi connectivity index (χ3n) is 8.78. The highest BCUT2D eigenvalue weighted by atomic mass is 16.6. The minimum atomic E-state index is -0.903. The fraction of sp³-hybridized carbons (Fsp3) is 0.710. The number of cyclic esters (lactones) is 1. The molecule has 3 fully saturated rings. The van der Waals surface area contributed by atoms with Crippen molar-refractivity contribution in [3.63, 3.8) is 0 Å². The highest BCUT2D eigenvalue weighted by molar-refractivity contribution is 5.92. The SMILES string of the molecule is C=C1CCC2[C@](C)(COC(C)=O)[C@H](OC(C)=O)CC[C@@]2(C)[C@@H]1C/C=C1\C(=O)OCC1OC(=O)CNC(=O)OC(C)(C)C. The van der Waals surface area contributed by atoms with Crippen molar-refractivity contribution in [2.24, 2.45) is 22.7 Å². The summed E-state index contributed by atoms with van der Waals surface area (Å²) in [4.78, 5) is 60.6. The number of fused-ring (bicyclic) bond motifs is 1. The molecule has 0 spiro atoms. The zero-order chi connectivity index (χ0) is 31.5. The van der Waals surface area contributed by atoms with Crippen LogP contribution in [0.3, 0.4) is 0 Å². The maximum atomic E-state index is 12.6. The second-order valence-electron chi connectivity index (χ2n) is 13.1. The first-order chi connectivity index (χ1) is 19.5. The Balaban J connectivity index is 1.77. The highest BCUT2D eigenvalue weighted by Crippen LogP contribution is 2.62. The Kier molecular flexibility index (Phi) is 10.2. The molecule has 1 N–H and O–H groups in total. The first kappa shape index (κ1) is 33.1. The zero-order valence-electron chi connectivity index (χ0n) is 25.8. The van der Waals surface area contributed by atoms with Crippen molar-refractivity contribution in [2.75, 3.05) is 19.8 Å². The Labute approximate surface area is 247 Å². The van der Waals surface area contributed by atoms with Gasteiger partial charge in [-0.1, -0.05) is 32.1 Å². The zero-order valence-corrected chi connectivity index (χ0v) is 25.8. The van der Waals surface area contributed by atoms with Crippen molar-refractivity contribution in [1.29, 1.82) is 0 Å². The van der Waals surface area contributed by atoms with Crippen LogP contribution in [0.15, 0.2) is 23.8 Å². The van der Waals surface area contributed by atoms with E-state index >= 15 is 0 Å². The predicted molar refractivity (Wildman–Crippen MR) is 151 cm³/mol. The summed E-state index contributed by atoms with van der Waals surface area (Å²) in [5.41, 5.74) is -0.319. The van der Waals surface area contributed by atoms with Gasteiger partial charge in [0.25, 0.3) is 0 Å². The number of rotatable bonds is 8. The Bertz CT molecular complexity index is 1140. The largest absolute Gasteiger partial charge is 0.465 e. The van der Waals surface area contributed by atoms with Gasteiger partial charge in [0.15, 0.2) is 6.10 Å². The summed E-state index contributed by atoms with van der Waals surface area (Å²) >= 11 is 0. The van der Waals surface area contributed by atoms with Gasteiger partial charge in [0.2, 0.25) is 0 Å². The van der Waals surface area contributed by atoms with E-state index in [9.17, 15) is 24.0 Å². The van der Waals surface area contributed by atoms with Crippen LogP contribution in [0, 0.1) is 22.7 Å². The average Bonchev–Trinajstić information content (AvgIpc) is 3.20. The molecule has 2 aliphatic carbocycles. The number of carbonyl (C=O) groups excluding carboxylic acids is 5. The molecule has 3 aliphatic rings. The molecule has 2 unspecified atom stereocenters. The van der Waals surface area contributed by atoms with E-state index in [-0.39, 0.29) is 42.0 Å². The number of carbonyl (C=O) groups is 5. The molecule has 234 valence electrons. The van der Waals surface area contributed by atoms with Crippen LogP contribution >= 0.6 is 0 Å². The number of hydrogen-bond acceptors (Lipinski definition) is 10. The molecule has 1 saturated heterocycles. The van der Waals surface area contributed by atoms with Crippen LogP contribution in [0.1, 0.15) is 80.6 Å². The third kappa shape index (κ3) is 7.72. The van der Waals surface area contributed by atoms with Gasteiger partial charge in [-0.25, -0.2) is 9.59 Å². The van der Waals surface area contributed by atoms with Gasteiger partial charge in [-0.3, -0.25) is 14.4 Å². The minimum absolute atomic E-state index is 0.0303. The van der Waals surface area contributed by atoms with Crippen LogP contribution in [0.4, 0.5) is 4.79 Å². The highest BCUT2D eigenvalue weighted by Gasteiger charge is 2.59. The molecule has 0 aromatic carbocycles. The molecule has 42 heavy (non-hydrogen) atoms. The van der Waals surface area contributed by atoms with Gasteiger partial charge in [-0.15, -0.1) is 0 Å². The number of esters is 4. The van der Waals surface area contributed by atoms with Gasteiger partial charge in [-0.05, 0) is 70.1 Å². The van der Waals surface area contributed by atoms with Gasteiger partial charge in [0, 0.05) is 19.3 Å². The Morgan fingerprint density at radius 1 is 1.10 bits per heavy atom. The Morgan fingerprint density at radius 2 is 1.79 bits per heavy atom. The average molecular weight is 592 g/mol. The molecule has 0 aromatic heterocycles. The molecule has 2 saturated carbocycles. The topological polar surface area (TPSA) is 144 Å². The van der Waals surface area contributed by atoms with E-state index < -0.39 is 53.8 Å². The van der Waals surface area contributed by atoms with Crippen molar-refractivity contribution in [3.05, 3.63) is 23.8 Å². The number of ether oxygens (including phenoxy) is 5. The summed E-state index contributed by atoms with van der Waals surface area (Å²) in [6.07, 6.45) is 3.04. The summed E-state index contributed by atoms with van der Waals surface area (Å²) < 4.78 is 27.0. The lowest BCUT2D eigenvalue weighted by molar-refractivity contribution is -0.191. The number of amides is 1. The van der Waals surface area contributed by atoms with Gasteiger partial charge in [0.1, 0.15) is 31.5 Å². The fourth-order valence-electron chi connectivity index (χ4n) is 6.92. The summed E-state index contributed by atoms with van der Waals surface area (Å²) in [7, 11) is 0. The summed E-state index contributed by atoms with van der Waals surface area (Å²) in [5, 5.41) is 2.35. The molecule has 3 rings (SSSR count). The molecule has 11 heteroatoms. The van der Waals surface area contributed by atoms with E-state index in [1.54, 1.807) is 26.8 Å². The standard InChI is InChI=1S/C31H45NO10/c1-18-9-12-24-30(7,14-13-25(40-20(3)34)31(24,8)17-39-19(2)33)22(18)11-10-21-23(16-38-27(21)36)41-26(35)15-32-28(37)42-29(4,5)6/h10,22-25H,1,9,11-17H2,2-8H3,(H,32,37)/b21-10-/t22-,23?,24?,25-,30+,31+/m1/s1. The fourth-order valence-corrected chi connectivity index (χ4v) is 6.92. The van der Waals surface area contributed by atoms with Gasteiger partial charge < -0.3 is 29.0 Å². The number of nitrogens with one attached hydrogen (secondary N) is 1. The van der Waals surface area contributed by atoms with E-state index in [4.69, 9.17) is 23.7 Å². The normalized spacial score (nSPS) is 31.9. The second-order valence-corrected chi connectivity index (χ2v) is 13.1. The number of hydrogen-bond donors (Lipinski definition) is 1. The summed E-state index contributed by atoms with van der Waals surface area (Å²) in [6.45, 7) is 16.0. The van der Waals surface area contributed by atoms with Crippen molar-refractivity contribution in [2.45, 2.75) is 98.4 Å². The molecule has 1 aliphatic heterocycles. The lowest BCUT2D eigenvalue weighted by Gasteiger charge is -2.60. The van der Waals surface area contributed by atoms with Gasteiger partial charge in [0.05, 0.1) is 5.57 Å². The Morgan fingerprint density at radius 3 is 2.40 bits per heavy atom. The molecule has 6 atom stereocenters. The number of allylic oxidation sites excluding steroid dienone is 2. The molecule has 1 amide bonds. The minimum Gasteiger partial charge on any atom is -0.465 e. The monoisotopic (exact) mass is 591 g/mol. The van der Waals surface area contributed by atoms with Gasteiger partial charge >= 0.3 is 30.0 Å².